The van der Waals surface area contributed by atoms with Gasteiger partial charge in [0, 0.05) is 21.9 Å². The first-order valence-electron chi connectivity index (χ1n) is 14.8. The SMILES string of the molecule is c1ccc(-c2nc3ccccc3n2-c2c3ccccc3c(-c3ccc(-c4nc5ccccc5s4)cc3)c3ccccc23)cc1. The van der Waals surface area contributed by atoms with E-state index >= 15 is 0 Å². The molecule has 7 aromatic carbocycles. The van der Waals surface area contributed by atoms with Crippen LogP contribution in [0.3, 0.4) is 0 Å². The number of fused-ring (bicyclic) bond motifs is 4. The molecule has 9 rings (SSSR count). The number of nitrogens with zero attached hydrogens (tertiary/aromatic N) is 3. The molecule has 9 aromatic rings. The molecule has 0 aliphatic carbocycles. The van der Waals surface area contributed by atoms with E-state index in [1.807, 2.05) is 6.07 Å². The summed E-state index contributed by atoms with van der Waals surface area (Å²) in [5, 5.41) is 5.85. The highest BCUT2D eigenvalue weighted by molar-refractivity contribution is 7.21. The maximum absolute atomic E-state index is 5.17. The van der Waals surface area contributed by atoms with Crippen LogP contribution in [0.25, 0.3) is 81.6 Å². The molecule has 206 valence electrons. The summed E-state index contributed by atoms with van der Waals surface area (Å²) in [5.41, 5.74) is 8.92. The standard InChI is InChI=1S/C40H25N3S/c1-2-12-27(13-3-1)39-41-33-18-8-10-20-35(33)43(39)38-31-16-6-4-14-29(31)37(30-15-5-7-17-32(30)38)26-22-24-28(25-23-26)40-42-34-19-9-11-21-36(34)44-40/h1-25H. The van der Waals surface area contributed by atoms with E-state index in [1.165, 1.54) is 37.4 Å². The van der Waals surface area contributed by atoms with Crippen LogP contribution >= 0.6 is 11.3 Å². The van der Waals surface area contributed by atoms with Gasteiger partial charge in [-0.15, -0.1) is 11.3 Å². The molecule has 0 saturated carbocycles. The number of hydrogen-bond donors (Lipinski definition) is 0. The molecule has 0 radical (unpaired) electrons. The molecule has 4 heteroatoms. The summed E-state index contributed by atoms with van der Waals surface area (Å²) in [6, 6.07) is 53.8. The van der Waals surface area contributed by atoms with E-state index in [9.17, 15) is 0 Å². The zero-order valence-corrected chi connectivity index (χ0v) is 24.5. The van der Waals surface area contributed by atoms with Crippen LogP contribution in [-0.2, 0) is 0 Å². The van der Waals surface area contributed by atoms with Crippen molar-refractivity contribution >= 4 is 54.1 Å². The van der Waals surface area contributed by atoms with E-state index in [0.29, 0.717) is 0 Å². The van der Waals surface area contributed by atoms with Gasteiger partial charge in [0.15, 0.2) is 0 Å². The van der Waals surface area contributed by atoms with Gasteiger partial charge in [0.1, 0.15) is 10.8 Å². The minimum absolute atomic E-state index is 0.940. The van der Waals surface area contributed by atoms with Crippen LogP contribution in [0.4, 0.5) is 0 Å². The predicted octanol–water partition coefficient (Wildman–Crippen LogP) is 10.9. The van der Waals surface area contributed by atoms with Crippen molar-refractivity contribution in [3.63, 3.8) is 0 Å². The molecule has 0 amide bonds. The fourth-order valence-electron chi connectivity index (χ4n) is 6.47. The van der Waals surface area contributed by atoms with Crippen LogP contribution in [0.1, 0.15) is 0 Å². The van der Waals surface area contributed by atoms with Gasteiger partial charge in [-0.1, -0.05) is 127 Å². The smallest absolute Gasteiger partial charge is 0.145 e. The second kappa shape index (κ2) is 10.0. The summed E-state index contributed by atoms with van der Waals surface area (Å²) >= 11 is 1.74. The summed E-state index contributed by atoms with van der Waals surface area (Å²) in [6.07, 6.45) is 0. The lowest BCUT2D eigenvalue weighted by molar-refractivity contribution is 1.13. The average Bonchev–Trinajstić information content (AvgIpc) is 3.70. The summed E-state index contributed by atoms with van der Waals surface area (Å²) in [4.78, 5) is 10.1. The van der Waals surface area contributed by atoms with Crippen molar-refractivity contribution in [2.75, 3.05) is 0 Å². The fourth-order valence-corrected chi connectivity index (χ4v) is 7.44. The van der Waals surface area contributed by atoms with Crippen molar-refractivity contribution in [2.45, 2.75) is 0 Å². The average molecular weight is 580 g/mol. The highest BCUT2D eigenvalue weighted by Gasteiger charge is 2.21. The van der Waals surface area contributed by atoms with Gasteiger partial charge in [-0.25, -0.2) is 9.97 Å². The first-order chi connectivity index (χ1) is 21.8. The zero-order chi connectivity index (χ0) is 29.0. The fraction of sp³-hybridized carbons (Fsp3) is 0. The Kier molecular flexibility index (Phi) is 5.68. The highest BCUT2D eigenvalue weighted by atomic mass is 32.1. The van der Waals surface area contributed by atoms with Crippen molar-refractivity contribution in [3.05, 3.63) is 152 Å². The molecule has 0 saturated heterocycles. The van der Waals surface area contributed by atoms with E-state index in [4.69, 9.17) is 9.97 Å². The molecule has 0 bridgehead atoms. The third-order valence-corrected chi connectivity index (χ3v) is 9.52. The van der Waals surface area contributed by atoms with Gasteiger partial charge in [-0.2, -0.15) is 0 Å². The number of benzene rings is 7. The van der Waals surface area contributed by atoms with Crippen molar-refractivity contribution in [2.24, 2.45) is 0 Å². The van der Waals surface area contributed by atoms with Gasteiger partial charge in [0.25, 0.3) is 0 Å². The molecule has 2 aromatic heterocycles. The van der Waals surface area contributed by atoms with Gasteiger partial charge >= 0.3 is 0 Å². The Morgan fingerprint density at radius 2 is 1.00 bits per heavy atom. The quantitative estimate of drug-likeness (QED) is 0.194. The molecule has 0 aliphatic rings. The number of para-hydroxylation sites is 3. The van der Waals surface area contributed by atoms with E-state index in [0.717, 1.165) is 44.2 Å². The lowest BCUT2D eigenvalue weighted by Gasteiger charge is -2.20. The van der Waals surface area contributed by atoms with Crippen LogP contribution in [0.15, 0.2) is 152 Å². The Morgan fingerprint density at radius 1 is 0.432 bits per heavy atom. The maximum Gasteiger partial charge on any atom is 0.145 e. The number of imidazole rings is 1. The first kappa shape index (κ1) is 25.0. The van der Waals surface area contributed by atoms with E-state index in [2.05, 4.69) is 150 Å². The number of aromatic nitrogens is 3. The molecule has 3 nitrogen and oxygen atoms in total. The van der Waals surface area contributed by atoms with Crippen molar-refractivity contribution in [1.82, 2.24) is 14.5 Å². The molecule has 0 atom stereocenters. The van der Waals surface area contributed by atoms with Crippen LogP contribution in [0.5, 0.6) is 0 Å². The molecule has 0 aliphatic heterocycles. The van der Waals surface area contributed by atoms with Gasteiger partial charge in [-0.05, 0) is 46.2 Å². The van der Waals surface area contributed by atoms with Crippen molar-refractivity contribution < 1.29 is 0 Å². The summed E-state index contributed by atoms with van der Waals surface area (Å²) in [6.45, 7) is 0. The van der Waals surface area contributed by atoms with Gasteiger partial charge in [-0.3, -0.25) is 4.57 Å². The number of hydrogen-bond acceptors (Lipinski definition) is 3. The summed E-state index contributed by atoms with van der Waals surface area (Å²) in [7, 11) is 0. The van der Waals surface area contributed by atoms with E-state index in [-0.39, 0.29) is 0 Å². The summed E-state index contributed by atoms with van der Waals surface area (Å²) < 4.78 is 3.57. The van der Waals surface area contributed by atoms with E-state index < -0.39 is 0 Å². The van der Waals surface area contributed by atoms with Gasteiger partial charge < -0.3 is 0 Å². The molecule has 0 fully saturated rings. The van der Waals surface area contributed by atoms with Crippen molar-refractivity contribution in [3.8, 4) is 38.8 Å². The Balaban J connectivity index is 1.31. The Labute approximate surface area is 258 Å². The predicted molar refractivity (Wildman–Crippen MR) is 186 cm³/mol. The molecule has 0 spiro atoms. The minimum atomic E-state index is 0.940. The Bertz CT molecular complexity index is 2400. The molecule has 2 heterocycles. The number of thiazole rings is 1. The zero-order valence-electron chi connectivity index (χ0n) is 23.7. The molecular weight excluding hydrogens is 555 g/mol. The van der Waals surface area contributed by atoms with Crippen LogP contribution in [0, 0.1) is 0 Å². The monoisotopic (exact) mass is 579 g/mol. The highest BCUT2D eigenvalue weighted by Crippen LogP contribution is 2.43. The lowest BCUT2D eigenvalue weighted by atomic mass is 9.90. The number of rotatable bonds is 4. The second-order valence-corrected chi connectivity index (χ2v) is 12.0. The lowest BCUT2D eigenvalue weighted by Crippen LogP contribution is -2.01. The Morgan fingerprint density at radius 3 is 1.70 bits per heavy atom. The van der Waals surface area contributed by atoms with Gasteiger partial charge in [0.2, 0.25) is 0 Å². The van der Waals surface area contributed by atoms with Crippen LogP contribution in [0.2, 0.25) is 0 Å². The summed E-state index contributed by atoms with van der Waals surface area (Å²) in [5.74, 6) is 0.940. The molecule has 44 heavy (non-hydrogen) atoms. The Hall–Kier alpha value is -5.58. The molecule has 0 unspecified atom stereocenters. The largest absolute Gasteiger partial charge is 0.291 e. The van der Waals surface area contributed by atoms with E-state index in [1.54, 1.807) is 11.3 Å². The van der Waals surface area contributed by atoms with Crippen molar-refractivity contribution in [1.29, 1.82) is 0 Å². The normalized spacial score (nSPS) is 11.6. The van der Waals surface area contributed by atoms with Crippen LogP contribution in [-0.4, -0.2) is 14.5 Å². The topological polar surface area (TPSA) is 30.7 Å². The third kappa shape index (κ3) is 3.89. The minimum Gasteiger partial charge on any atom is -0.291 e. The third-order valence-electron chi connectivity index (χ3n) is 8.43. The second-order valence-electron chi connectivity index (χ2n) is 11.0. The maximum atomic E-state index is 5.17. The van der Waals surface area contributed by atoms with Gasteiger partial charge in [0.05, 0.1) is 26.9 Å². The molecular formula is C40H25N3S. The van der Waals surface area contributed by atoms with Crippen LogP contribution < -0.4 is 0 Å². The first-order valence-corrected chi connectivity index (χ1v) is 15.6. The molecule has 0 N–H and O–H groups in total.